The van der Waals surface area contributed by atoms with Gasteiger partial charge < -0.3 is 0 Å². The molecule has 2 aromatic carbocycles. The predicted octanol–water partition coefficient (Wildman–Crippen LogP) is 5.93. The van der Waals surface area contributed by atoms with Crippen LogP contribution < -0.4 is 4.57 Å². The molecule has 0 saturated heterocycles. The van der Waals surface area contributed by atoms with Gasteiger partial charge in [-0.3, -0.25) is 0 Å². The monoisotopic (exact) mass is 380 g/mol. The smallest absolute Gasteiger partial charge is 0.206 e. The number of aryl methyl sites for hydroxylation is 4. The molecule has 1 aromatic heterocycles. The van der Waals surface area contributed by atoms with Crippen molar-refractivity contribution in [1.82, 2.24) is 0 Å². The van der Waals surface area contributed by atoms with Crippen LogP contribution in [0.3, 0.4) is 0 Å². The molecular formula is C22H20F4N+. The van der Waals surface area contributed by atoms with Crippen LogP contribution >= 0.6 is 0 Å². The summed E-state index contributed by atoms with van der Waals surface area (Å²) in [7, 11) is 1.54. The summed E-state index contributed by atoms with van der Waals surface area (Å²) in [5.41, 5.74) is -0.132. The third kappa shape index (κ3) is 3.72. The Balaban J connectivity index is 2.22. The molecule has 3 rings (SSSR count). The van der Waals surface area contributed by atoms with Crippen LogP contribution in [0.15, 0.2) is 48.7 Å². The van der Waals surface area contributed by atoms with Gasteiger partial charge in [0.05, 0.1) is 5.56 Å². The molecule has 140 valence electrons. The Hall–Kier alpha value is -2.69. The van der Waals surface area contributed by atoms with Crippen molar-refractivity contribution in [1.29, 1.82) is 0 Å². The Kier molecular flexibility index (Phi) is 3.19. The Labute approximate surface area is 164 Å². The van der Waals surface area contributed by atoms with Crippen molar-refractivity contribution in [3.05, 3.63) is 76.7 Å². The Morgan fingerprint density at radius 1 is 0.889 bits per heavy atom. The average molecular weight is 380 g/mol. The molecule has 3 aromatic rings. The van der Waals surface area contributed by atoms with Crippen molar-refractivity contribution < 1.29 is 30.4 Å². The lowest BCUT2D eigenvalue weighted by Crippen LogP contribution is -2.31. The van der Waals surface area contributed by atoms with Crippen molar-refractivity contribution >= 4 is 0 Å². The van der Waals surface area contributed by atoms with Gasteiger partial charge in [0.25, 0.3) is 0 Å². The zero-order chi connectivity index (χ0) is 24.9. The van der Waals surface area contributed by atoms with E-state index < -0.39 is 31.3 Å². The van der Waals surface area contributed by atoms with Gasteiger partial charge in [0.15, 0.2) is 6.20 Å². The minimum Gasteiger partial charge on any atom is -0.206 e. The lowest BCUT2D eigenvalue weighted by Gasteiger charge is -2.12. The first-order valence-corrected chi connectivity index (χ1v) is 8.03. The van der Waals surface area contributed by atoms with Crippen molar-refractivity contribution in [2.75, 3.05) is 0 Å². The van der Waals surface area contributed by atoms with Gasteiger partial charge in [-0.15, -0.1) is 0 Å². The molecule has 0 unspecified atom stereocenters. The maximum absolute atomic E-state index is 14.8. The molecule has 0 fully saturated rings. The maximum atomic E-state index is 14.8. The predicted molar refractivity (Wildman–Crippen MR) is 97.7 cm³/mol. The van der Waals surface area contributed by atoms with Gasteiger partial charge in [0.2, 0.25) is 5.69 Å². The van der Waals surface area contributed by atoms with Crippen molar-refractivity contribution in [3.8, 4) is 22.4 Å². The molecule has 0 saturated carbocycles. The van der Waals surface area contributed by atoms with Crippen LogP contribution in [0.25, 0.3) is 22.4 Å². The molecule has 0 radical (unpaired) electrons. The van der Waals surface area contributed by atoms with Crippen molar-refractivity contribution in [3.63, 3.8) is 0 Å². The molecule has 0 aliphatic rings. The second kappa shape index (κ2) is 6.80. The average Bonchev–Trinajstić information content (AvgIpc) is 2.66. The Bertz CT molecular complexity index is 1200. The number of alkyl halides is 3. The molecule has 0 N–H and O–H groups in total. The van der Waals surface area contributed by atoms with E-state index in [1.807, 2.05) is 0 Å². The quantitative estimate of drug-likeness (QED) is 0.383. The lowest BCUT2D eigenvalue weighted by molar-refractivity contribution is -0.660. The van der Waals surface area contributed by atoms with E-state index in [4.69, 9.17) is 8.22 Å². The summed E-state index contributed by atoms with van der Waals surface area (Å²) >= 11 is 0. The third-order valence-corrected chi connectivity index (χ3v) is 4.39. The van der Waals surface area contributed by atoms with E-state index in [0.29, 0.717) is 16.8 Å². The van der Waals surface area contributed by atoms with Gasteiger partial charge >= 0.3 is 6.18 Å². The van der Waals surface area contributed by atoms with Crippen LogP contribution in [0.1, 0.15) is 30.5 Å². The second-order valence-corrected chi connectivity index (χ2v) is 6.32. The largest absolute Gasteiger partial charge is 0.416 e. The van der Waals surface area contributed by atoms with Crippen LogP contribution in [0.5, 0.6) is 0 Å². The van der Waals surface area contributed by atoms with E-state index in [9.17, 15) is 17.6 Å². The second-order valence-electron chi connectivity index (χ2n) is 6.32. The number of rotatable bonds is 2. The summed E-state index contributed by atoms with van der Waals surface area (Å²) in [6, 6.07) is 7.89. The first kappa shape index (κ1) is 12.7. The highest BCUT2D eigenvalue weighted by atomic mass is 19.4. The van der Waals surface area contributed by atoms with Gasteiger partial charge in [0.1, 0.15) is 12.9 Å². The Morgan fingerprint density at radius 3 is 2.15 bits per heavy atom. The first-order valence-electron chi connectivity index (χ1n) is 11.0. The zero-order valence-electron chi connectivity index (χ0n) is 20.6. The first-order chi connectivity index (χ1) is 15.0. The summed E-state index contributed by atoms with van der Waals surface area (Å²) in [5.74, 6) is -0.659. The van der Waals surface area contributed by atoms with Crippen LogP contribution in [0.2, 0.25) is 0 Å². The lowest BCUT2D eigenvalue weighted by atomic mass is 9.95. The molecule has 27 heavy (non-hydrogen) atoms. The number of pyridine rings is 1. The van der Waals surface area contributed by atoms with Crippen LogP contribution in [0.4, 0.5) is 17.6 Å². The van der Waals surface area contributed by atoms with Gasteiger partial charge in [-0.2, -0.15) is 13.2 Å². The van der Waals surface area contributed by atoms with E-state index in [-0.39, 0.29) is 22.3 Å². The van der Waals surface area contributed by atoms with E-state index in [0.717, 1.165) is 24.3 Å². The van der Waals surface area contributed by atoms with E-state index in [1.165, 1.54) is 36.0 Å². The molecule has 0 aliphatic heterocycles. The van der Waals surface area contributed by atoms with Crippen molar-refractivity contribution in [2.45, 2.75) is 26.8 Å². The number of benzene rings is 2. The van der Waals surface area contributed by atoms with E-state index in [1.54, 1.807) is 6.92 Å². The fourth-order valence-corrected chi connectivity index (χ4v) is 2.93. The fraction of sp³-hybridized carbons (Fsp3) is 0.227. The molecule has 0 aliphatic carbocycles. The third-order valence-electron chi connectivity index (χ3n) is 4.39. The molecule has 0 spiro atoms. The summed E-state index contributed by atoms with van der Waals surface area (Å²) in [5, 5.41) is 0. The number of hydrogen-bond acceptors (Lipinski definition) is 0. The van der Waals surface area contributed by atoms with E-state index >= 15 is 0 Å². The summed E-state index contributed by atoms with van der Waals surface area (Å²) < 4.78 is 101. The molecule has 0 atom stereocenters. The van der Waals surface area contributed by atoms with Crippen molar-refractivity contribution in [2.24, 2.45) is 7.05 Å². The highest BCUT2D eigenvalue weighted by molar-refractivity contribution is 5.73. The Morgan fingerprint density at radius 2 is 1.56 bits per heavy atom. The number of aromatic nitrogens is 1. The minimum atomic E-state index is -4.53. The number of halogens is 4. The summed E-state index contributed by atoms with van der Waals surface area (Å²) in [4.78, 5) is 0. The molecule has 1 nitrogen and oxygen atoms in total. The molecule has 0 bridgehead atoms. The summed E-state index contributed by atoms with van der Waals surface area (Å²) in [6.45, 7) is -3.78. The SMILES string of the molecule is [2H]C([2H])([2H])c1cc(-c2cc(-c3ccc(C(F)(F)F)cc3)c(F)cc2C)[n+](C)cc1C([2H])([2H])[2H]. The van der Waals surface area contributed by atoms with Gasteiger partial charge in [0, 0.05) is 31.0 Å². The van der Waals surface area contributed by atoms with Crippen LogP contribution in [-0.2, 0) is 13.2 Å². The highest BCUT2D eigenvalue weighted by Gasteiger charge is 2.30. The number of nitrogens with zero attached hydrogens (tertiary/aromatic N) is 1. The summed E-state index contributed by atoms with van der Waals surface area (Å²) in [6.07, 6.45) is -3.32. The van der Waals surface area contributed by atoms with Gasteiger partial charge in [-0.1, -0.05) is 12.1 Å². The highest BCUT2D eigenvalue weighted by Crippen LogP contribution is 2.34. The normalized spacial score (nSPS) is 15.9. The molecule has 1 heterocycles. The minimum absolute atomic E-state index is 0.0275. The van der Waals surface area contributed by atoms with Gasteiger partial charge in [-0.05, 0) is 61.6 Å². The zero-order valence-corrected chi connectivity index (χ0v) is 14.6. The molecule has 5 heteroatoms. The molecule has 0 amide bonds. The molecular weight excluding hydrogens is 354 g/mol. The standard InChI is InChI=1S/C22H20F4N/c1-13-10-21(27(4)12-15(13)3)18-11-19(20(23)9-14(18)2)16-5-7-17(8-6-16)22(24,25)26/h5-12H,1-4H3/q+1/i1D3,3D3. The van der Waals surface area contributed by atoms with Crippen LogP contribution in [0, 0.1) is 26.4 Å². The maximum Gasteiger partial charge on any atom is 0.416 e. The van der Waals surface area contributed by atoms with E-state index in [2.05, 4.69) is 0 Å². The van der Waals surface area contributed by atoms with Crippen LogP contribution in [-0.4, -0.2) is 0 Å². The number of hydrogen-bond donors (Lipinski definition) is 0. The van der Waals surface area contributed by atoms with Gasteiger partial charge in [-0.25, -0.2) is 8.96 Å². The topological polar surface area (TPSA) is 3.88 Å². The fourth-order valence-electron chi connectivity index (χ4n) is 2.93.